The van der Waals surface area contributed by atoms with Crippen LogP contribution < -0.4 is 15.8 Å². The highest BCUT2D eigenvalue weighted by atomic mass is 16.5. The van der Waals surface area contributed by atoms with Crippen LogP contribution in [-0.4, -0.2) is 18.6 Å². The number of rotatable bonds is 8. The Morgan fingerprint density at radius 3 is 2.57 bits per heavy atom. The lowest BCUT2D eigenvalue weighted by Gasteiger charge is -2.14. The summed E-state index contributed by atoms with van der Waals surface area (Å²) < 4.78 is 5.64. The number of amides is 1. The summed E-state index contributed by atoms with van der Waals surface area (Å²) in [6.45, 7) is 8.77. The molecule has 3 N–H and O–H groups in total. The van der Waals surface area contributed by atoms with E-state index in [9.17, 15) is 4.79 Å². The fourth-order valence-corrected chi connectivity index (χ4v) is 2.14. The highest BCUT2D eigenvalue weighted by Crippen LogP contribution is 2.22. The standard InChI is InChI=1S/C17H28N2O2/c1-12(2)21-15-6-7-16(14(4)11-15)19-17(20)8-5-13(3)9-10-18/h6-7,11-13H,5,8-10,18H2,1-4H3,(H,19,20). The zero-order chi connectivity index (χ0) is 15.8. The second-order valence-electron chi connectivity index (χ2n) is 5.91. The van der Waals surface area contributed by atoms with Crippen molar-refractivity contribution in [3.8, 4) is 5.75 Å². The van der Waals surface area contributed by atoms with E-state index in [2.05, 4.69) is 12.2 Å². The van der Waals surface area contributed by atoms with Crippen LogP contribution in [0.2, 0.25) is 0 Å². The molecule has 1 aromatic carbocycles. The summed E-state index contributed by atoms with van der Waals surface area (Å²) in [7, 11) is 0. The molecule has 21 heavy (non-hydrogen) atoms. The third kappa shape index (κ3) is 6.63. The van der Waals surface area contributed by atoms with Gasteiger partial charge in [-0.1, -0.05) is 6.92 Å². The normalized spacial score (nSPS) is 12.3. The number of carbonyl (C=O) groups excluding carboxylic acids is 1. The number of aryl methyl sites for hydroxylation is 1. The summed E-state index contributed by atoms with van der Waals surface area (Å²) >= 11 is 0. The van der Waals surface area contributed by atoms with Gasteiger partial charge in [0, 0.05) is 12.1 Å². The van der Waals surface area contributed by atoms with Crippen LogP contribution in [0.25, 0.3) is 0 Å². The monoisotopic (exact) mass is 292 g/mol. The molecule has 0 aliphatic carbocycles. The molecule has 0 bridgehead atoms. The molecule has 0 heterocycles. The lowest BCUT2D eigenvalue weighted by atomic mass is 10.0. The molecule has 1 aromatic rings. The minimum Gasteiger partial charge on any atom is -0.491 e. The minimum atomic E-state index is 0.0551. The van der Waals surface area contributed by atoms with Crippen molar-refractivity contribution in [2.45, 2.75) is 53.1 Å². The Bertz CT molecular complexity index is 458. The van der Waals surface area contributed by atoms with Gasteiger partial charge in [-0.05, 0) is 69.8 Å². The van der Waals surface area contributed by atoms with Crippen molar-refractivity contribution < 1.29 is 9.53 Å². The van der Waals surface area contributed by atoms with E-state index in [-0.39, 0.29) is 12.0 Å². The van der Waals surface area contributed by atoms with Crippen LogP contribution in [0, 0.1) is 12.8 Å². The number of hydrogen-bond acceptors (Lipinski definition) is 3. The highest BCUT2D eigenvalue weighted by Gasteiger charge is 2.09. The molecular formula is C17H28N2O2. The highest BCUT2D eigenvalue weighted by molar-refractivity contribution is 5.91. The first-order valence-corrected chi connectivity index (χ1v) is 7.69. The molecule has 0 aliphatic heterocycles. The van der Waals surface area contributed by atoms with Gasteiger partial charge in [0.25, 0.3) is 0 Å². The number of nitrogens with two attached hydrogens (primary N) is 1. The van der Waals surface area contributed by atoms with Crippen molar-refractivity contribution in [3.05, 3.63) is 23.8 Å². The van der Waals surface area contributed by atoms with Gasteiger partial charge in [-0.15, -0.1) is 0 Å². The molecular weight excluding hydrogens is 264 g/mol. The van der Waals surface area contributed by atoms with Crippen molar-refractivity contribution in [2.24, 2.45) is 11.7 Å². The van der Waals surface area contributed by atoms with Gasteiger partial charge in [-0.25, -0.2) is 0 Å². The van der Waals surface area contributed by atoms with Crippen molar-refractivity contribution in [1.29, 1.82) is 0 Å². The van der Waals surface area contributed by atoms with Gasteiger partial charge in [0.05, 0.1) is 6.10 Å². The van der Waals surface area contributed by atoms with E-state index >= 15 is 0 Å². The molecule has 0 radical (unpaired) electrons. The van der Waals surface area contributed by atoms with Gasteiger partial charge >= 0.3 is 0 Å². The van der Waals surface area contributed by atoms with E-state index in [1.54, 1.807) is 0 Å². The second kappa shape index (κ2) is 8.67. The van der Waals surface area contributed by atoms with E-state index in [1.807, 2.05) is 39.0 Å². The smallest absolute Gasteiger partial charge is 0.224 e. The van der Waals surface area contributed by atoms with Crippen LogP contribution in [-0.2, 0) is 4.79 Å². The van der Waals surface area contributed by atoms with Crippen LogP contribution in [0.1, 0.15) is 45.6 Å². The lowest BCUT2D eigenvalue weighted by Crippen LogP contribution is -2.15. The molecule has 0 spiro atoms. The van der Waals surface area contributed by atoms with Crippen molar-refractivity contribution in [3.63, 3.8) is 0 Å². The molecule has 4 nitrogen and oxygen atoms in total. The molecule has 0 fully saturated rings. The summed E-state index contributed by atoms with van der Waals surface area (Å²) in [6, 6.07) is 5.74. The average molecular weight is 292 g/mol. The van der Waals surface area contributed by atoms with Crippen LogP contribution in [0.3, 0.4) is 0 Å². The van der Waals surface area contributed by atoms with Gasteiger partial charge in [-0.2, -0.15) is 0 Å². The number of nitrogens with one attached hydrogen (secondary N) is 1. The number of anilines is 1. The quantitative estimate of drug-likeness (QED) is 0.771. The van der Waals surface area contributed by atoms with Gasteiger partial charge in [0.2, 0.25) is 5.91 Å². The summed E-state index contributed by atoms with van der Waals surface area (Å²) in [4.78, 5) is 12.0. The number of ether oxygens (including phenoxy) is 1. The SMILES string of the molecule is Cc1cc(OC(C)C)ccc1NC(=O)CCC(C)CCN. The maximum Gasteiger partial charge on any atom is 0.224 e. The summed E-state index contributed by atoms with van der Waals surface area (Å²) in [5, 5.41) is 2.96. The zero-order valence-corrected chi connectivity index (χ0v) is 13.6. The van der Waals surface area contributed by atoms with Crippen LogP contribution >= 0.6 is 0 Å². The number of benzene rings is 1. The predicted molar refractivity (Wildman–Crippen MR) is 87.6 cm³/mol. The molecule has 1 amide bonds. The fraction of sp³-hybridized carbons (Fsp3) is 0.588. The van der Waals surface area contributed by atoms with E-state index in [0.717, 1.165) is 29.8 Å². The van der Waals surface area contributed by atoms with Crippen LogP contribution in [0.5, 0.6) is 5.75 Å². The summed E-state index contributed by atoms with van der Waals surface area (Å²) in [5.41, 5.74) is 7.38. The third-order valence-corrected chi connectivity index (χ3v) is 3.37. The average Bonchev–Trinajstić information content (AvgIpc) is 2.39. The lowest BCUT2D eigenvalue weighted by molar-refractivity contribution is -0.116. The van der Waals surface area contributed by atoms with Gasteiger partial charge in [0.1, 0.15) is 5.75 Å². The Labute approximate surface area is 128 Å². The number of carbonyl (C=O) groups is 1. The first-order valence-electron chi connectivity index (χ1n) is 7.69. The van der Waals surface area contributed by atoms with E-state index in [1.165, 1.54) is 0 Å². The Hall–Kier alpha value is -1.55. The Morgan fingerprint density at radius 2 is 2.00 bits per heavy atom. The van der Waals surface area contributed by atoms with Crippen molar-refractivity contribution in [1.82, 2.24) is 0 Å². The molecule has 0 aliphatic rings. The van der Waals surface area contributed by atoms with Gasteiger partial charge in [-0.3, -0.25) is 4.79 Å². The van der Waals surface area contributed by atoms with Gasteiger partial charge < -0.3 is 15.8 Å². The van der Waals surface area contributed by atoms with Crippen molar-refractivity contribution >= 4 is 11.6 Å². The molecule has 0 saturated carbocycles. The molecule has 118 valence electrons. The zero-order valence-electron chi connectivity index (χ0n) is 13.6. The van der Waals surface area contributed by atoms with E-state index in [4.69, 9.17) is 10.5 Å². The third-order valence-electron chi connectivity index (χ3n) is 3.37. The van der Waals surface area contributed by atoms with E-state index in [0.29, 0.717) is 18.9 Å². The van der Waals surface area contributed by atoms with Crippen LogP contribution in [0.4, 0.5) is 5.69 Å². The molecule has 1 rings (SSSR count). The minimum absolute atomic E-state index is 0.0551. The maximum absolute atomic E-state index is 12.0. The summed E-state index contributed by atoms with van der Waals surface area (Å²) in [5.74, 6) is 1.38. The fourth-order valence-electron chi connectivity index (χ4n) is 2.14. The number of hydrogen-bond donors (Lipinski definition) is 2. The molecule has 1 unspecified atom stereocenters. The first-order chi connectivity index (χ1) is 9.92. The van der Waals surface area contributed by atoms with Crippen molar-refractivity contribution in [2.75, 3.05) is 11.9 Å². The molecule has 1 atom stereocenters. The Kier molecular flexibility index (Phi) is 7.23. The van der Waals surface area contributed by atoms with E-state index < -0.39 is 0 Å². The van der Waals surface area contributed by atoms with Crippen LogP contribution in [0.15, 0.2) is 18.2 Å². The second-order valence-corrected chi connectivity index (χ2v) is 5.91. The predicted octanol–water partition coefficient (Wildman–Crippen LogP) is 3.49. The molecule has 0 aromatic heterocycles. The Balaban J connectivity index is 2.52. The largest absolute Gasteiger partial charge is 0.491 e. The topological polar surface area (TPSA) is 64.3 Å². The first kappa shape index (κ1) is 17.5. The maximum atomic E-state index is 12.0. The molecule has 4 heteroatoms. The Morgan fingerprint density at radius 1 is 1.29 bits per heavy atom. The summed E-state index contributed by atoms with van der Waals surface area (Å²) in [6.07, 6.45) is 2.52. The molecule has 0 saturated heterocycles. The van der Waals surface area contributed by atoms with Gasteiger partial charge in [0.15, 0.2) is 0 Å².